The number of carbonyl (C=O) groups is 1. The summed E-state index contributed by atoms with van der Waals surface area (Å²) < 4.78 is 0. The third kappa shape index (κ3) is 4.71. The van der Waals surface area contributed by atoms with Crippen LogP contribution in [0.15, 0.2) is 24.3 Å². The lowest BCUT2D eigenvalue weighted by Crippen LogP contribution is -2.40. The Hall–Kier alpha value is -1.55. The molecule has 0 aromatic heterocycles. The van der Waals surface area contributed by atoms with E-state index in [0.717, 1.165) is 57.5 Å². The number of hydrogen-bond donors (Lipinski definition) is 1. The molecule has 23 heavy (non-hydrogen) atoms. The highest BCUT2D eigenvalue weighted by Gasteiger charge is 2.23. The van der Waals surface area contributed by atoms with Gasteiger partial charge in [0.1, 0.15) is 0 Å². The van der Waals surface area contributed by atoms with Gasteiger partial charge >= 0.3 is 0 Å². The summed E-state index contributed by atoms with van der Waals surface area (Å²) in [6.07, 6.45) is 3.34. The van der Waals surface area contributed by atoms with E-state index in [2.05, 4.69) is 36.2 Å². The average Bonchev–Trinajstić information content (AvgIpc) is 2.60. The Morgan fingerprint density at radius 1 is 1.22 bits per heavy atom. The number of nitrogens with one attached hydrogen (secondary N) is 1. The molecule has 1 N–H and O–H groups in total. The topological polar surface area (TPSA) is 35.6 Å². The molecule has 0 atom stereocenters. The fraction of sp³-hybridized carbons (Fsp3) is 0.632. The van der Waals surface area contributed by atoms with Gasteiger partial charge in [-0.15, -0.1) is 0 Å². The molecule has 0 radical (unpaired) electrons. The van der Waals surface area contributed by atoms with Gasteiger partial charge in [-0.1, -0.05) is 6.92 Å². The summed E-state index contributed by atoms with van der Waals surface area (Å²) in [5, 5.41) is 3.24. The smallest absolute Gasteiger partial charge is 0.253 e. The standard InChI is InChI=1S/C19H31N3O/c1-4-12-21(5-2)18-8-6-17(7-9-18)19(23)22-13-10-16(11-14-22)15-20-3/h6-9,16,20H,4-5,10-15H2,1-3H3. The quantitative estimate of drug-likeness (QED) is 0.840. The van der Waals surface area contributed by atoms with Crippen molar-refractivity contribution in [1.82, 2.24) is 10.2 Å². The van der Waals surface area contributed by atoms with Crippen molar-refractivity contribution in [3.05, 3.63) is 29.8 Å². The minimum Gasteiger partial charge on any atom is -0.372 e. The summed E-state index contributed by atoms with van der Waals surface area (Å²) in [5.41, 5.74) is 2.02. The van der Waals surface area contributed by atoms with Crippen LogP contribution in [0.3, 0.4) is 0 Å². The molecule has 4 nitrogen and oxygen atoms in total. The molecule has 1 aliphatic rings. The Morgan fingerprint density at radius 2 is 1.87 bits per heavy atom. The fourth-order valence-corrected chi connectivity index (χ4v) is 3.37. The molecule has 1 saturated heterocycles. The Bertz CT molecular complexity index is 478. The zero-order valence-corrected chi connectivity index (χ0v) is 14.8. The molecule has 0 saturated carbocycles. The van der Waals surface area contributed by atoms with Crippen molar-refractivity contribution in [2.24, 2.45) is 5.92 Å². The number of carbonyl (C=O) groups excluding carboxylic acids is 1. The van der Waals surface area contributed by atoms with Crippen molar-refractivity contribution in [3.8, 4) is 0 Å². The van der Waals surface area contributed by atoms with Crippen molar-refractivity contribution in [2.45, 2.75) is 33.1 Å². The van der Waals surface area contributed by atoms with Gasteiger partial charge in [-0.2, -0.15) is 0 Å². The Morgan fingerprint density at radius 3 is 2.39 bits per heavy atom. The van der Waals surface area contributed by atoms with E-state index in [9.17, 15) is 4.79 Å². The normalized spacial score (nSPS) is 15.7. The lowest BCUT2D eigenvalue weighted by Gasteiger charge is -2.32. The minimum absolute atomic E-state index is 0.179. The number of likely N-dealkylation sites (tertiary alicyclic amines) is 1. The van der Waals surface area contributed by atoms with E-state index in [4.69, 9.17) is 0 Å². The number of rotatable bonds is 7. The lowest BCUT2D eigenvalue weighted by molar-refractivity contribution is 0.0691. The van der Waals surface area contributed by atoms with Crippen LogP contribution >= 0.6 is 0 Å². The van der Waals surface area contributed by atoms with E-state index in [1.165, 1.54) is 5.69 Å². The summed E-state index contributed by atoms with van der Waals surface area (Å²) >= 11 is 0. The number of hydrogen-bond acceptors (Lipinski definition) is 3. The highest BCUT2D eigenvalue weighted by molar-refractivity contribution is 5.94. The van der Waals surface area contributed by atoms with Crippen molar-refractivity contribution in [3.63, 3.8) is 0 Å². The molecule has 0 bridgehead atoms. The maximum atomic E-state index is 12.6. The summed E-state index contributed by atoms with van der Waals surface area (Å²) in [5.74, 6) is 0.886. The SMILES string of the molecule is CCCN(CC)c1ccc(C(=O)N2CCC(CNC)CC2)cc1. The van der Waals surface area contributed by atoms with E-state index < -0.39 is 0 Å². The van der Waals surface area contributed by atoms with E-state index in [-0.39, 0.29) is 5.91 Å². The van der Waals surface area contributed by atoms with Crippen LogP contribution < -0.4 is 10.2 Å². The van der Waals surface area contributed by atoms with Crippen LogP contribution in [0.2, 0.25) is 0 Å². The van der Waals surface area contributed by atoms with Gasteiger partial charge in [0.25, 0.3) is 5.91 Å². The molecule has 1 aliphatic heterocycles. The first-order valence-electron chi connectivity index (χ1n) is 8.98. The van der Waals surface area contributed by atoms with Crippen LogP contribution in [0, 0.1) is 5.92 Å². The van der Waals surface area contributed by atoms with Gasteiger partial charge in [0.05, 0.1) is 0 Å². The van der Waals surface area contributed by atoms with E-state index >= 15 is 0 Å². The Balaban J connectivity index is 1.95. The number of piperidine rings is 1. The van der Waals surface area contributed by atoms with E-state index in [1.54, 1.807) is 0 Å². The second kappa shape index (κ2) is 8.92. The molecule has 2 rings (SSSR count). The van der Waals surface area contributed by atoms with Gasteiger partial charge in [0.2, 0.25) is 0 Å². The molecule has 1 heterocycles. The first kappa shape index (κ1) is 17.8. The molecular formula is C19H31N3O. The predicted molar refractivity (Wildman–Crippen MR) is 97.2 cm³/mol. The van der Waals surface area contributed by atoms with E-state index in [1.807, 2.05) is 24.1 Å². The van der Waals surface area contributed by atoms with Crippen LogP contribution in [-0.2, 0) is 0 Å². The first-order chi connectivity index (χ1) is 11.2. The van der Waals surface area contributed by atoms with Crippen LogP contribution in [-0.4, -0.2) is 50.6 Å². The van der Waals surface area contributed by atoms with Crippen LogP contribution in [0.4, 0.5) is 5.69 Å². The van der Waals surface area contributed by atoms with E-state index in [0.29, 0.717) is 5.92 Å². The maximum absolute atomic E-state index is 12.6. The monoisotopic (exact) mass is 317 g/mol. The zero-order valence-electron chi connectivity index (χ0n) is 14.8. The third-order valence-corrected chi connectivity index (χ3v) is 4.75. The van der Waals surface area contributed by atoms with Crippen molar-refractivity contribution in [1.29, 1.82) is 0 Å². The molecule has 1 amide bonds. The predicted octanol–water partition coefficient (Wildman–Crippen LogP) is 2.99. The van der Waals surface area contributed by atoms with Crippen molar-refractivity contribution >= 4 is 11.6 Å². The molecule has 1 fully saturated rings. The number of benzene rings is 1. The third-order valence-electron chi connectivity index (χ3n) is 4.75. The molecular weight excluding hydrogens is 286 g/mol. The van der Waals surface area contributed by atoms with Gasteiger partial charge < -0.3 is 15.1 Å². The maximum Gasteiger partial charge on any atom is 0.253 e. The Labute approximate surface area is 140 Å². The lowest BCUT2D eigenvalue weighted by atomic mass is 9.96. The van der Waals surface area contributed by atoms with Gasteiger partial charge in [0, 0.05) is 37.4 Å². The zero-order chi connectivity index (χ0) is 16.7. The number of anilines is 1. The molecule has 0 unspecified atom stereocenters. The van der Waals surface area contributed by atoms with Crippen molar-refractivity contribution in [2.75, 3.05) is 44.7 Å². The number of amides is 1. The first-order valence-corrected chi connectivity index (χ1v) is 8.98. The summed E-state index contributed by atoms with van der Waals surface area (Å²) in [7, 11) is 2.00. The summed E-state index contributed by atoms with van der Waals surface area (Å²) in [6.45, 7) is 9.24. The van der Waals surface area contributed by atoms with Crippen LogP contribution in [0.5, 0.6) is 0 Å². The highest BCUT2D eigenvalue weighted by atomic mass is 16.2. The second-order valence-corrected chi connectivity index (χ2v) is 6.42. The van der Waals surface area contributed by atoms with Crippen molar-refractivity contribution < 1.29 is 4.79 Å². The molecule has 1 aromatic rings. The average molecular weight is 317 g/mol. The minimum atomic E-state index is 0.179. The molecule has 0 spiro atoms. The molecule has 0 aliphatic carbocycles. The van der Waals surface area contributed by atoms with Gasteiger partial charge in [0.15, 0.2) is 0 Å². The molecule has 1 aromatic carbocycles. The van der Waals surface area contributed by atoms with Crippen LogP contribution in [0.25, 0.3) is 0 Å². The highest BCUT2D eigenvalue weighted by Crippen LogP contribution is 2.20. The fourth-order valence-electron chi connectivity index (χ4n) is 3.37. The van der Waals surface area contributed by atoms with Crippen LogP contribution in [0.1, 0.15) is 43.5 Å². The summed E-state index contributed by atoms with van der Waals surface area (Å²) in [4.78, 5) is 17.0. The summed E-state index contributed by atoms with van der Waals surface area (Å²) in [6, 6.07) is 8.13. The largest absolute Gasteiger partial charge is 0.372 e. The Kier molecular flexibility index (Phi) is 6.90. The second-order valence-electron chi connectivity index (χ2n) is 6.42. The molecule has 128 valence electrons. The van der Waals surface area contributed by atoms with Gasteiger partial charge in [-0.3, -0.25) is 4.79 Å². The van der Waals surface area contributed by atoms with Gasteiger partial charge in [-0.25, -0.2) is 0 Å². The number of nitrogens with zero attached hydrogens (tertiary/aromatic N) is 2. The molecule has 4 heteroatoms. The van der Waals surface area contributed by atoms with Gasteiger partial charge in [-0.05, 0) is 70.0 Å².